The highest BCUT2D eigenvalue weighted by molar-refractivity contribution is 6.13. The van der Waals surface area contributed by atoms with E-state index in [-0.39, 0.29) is 5.91 Å². The van der Waals surface area contributed by atoms with Crippen LogP contribution in [0, 0.1) is 0 Å². The van der Waals surface area contributed by atoms with E-state index < -0.39 is 0 Å². The Morgan fingerprint density at radius 2 is 1.56 bits per heavy atom. The molecular formula is C26H31N5O. The van der Waals surface area contributed by atoms with Crippen LogP contribution < -0.4 is 15.1 Å². The van der Waals surface area contributed by atoms with Crippen molar-refractivity contribution in [3.05, 3.63) is 60.4 Å². The zero-order valence-corrected chi connectivity index (χ0v) is 18.8. The Bertz CT molecular complexity index is 1100. The average molecular weight is 430 g/mol. The number of nitrogens with zero attached hydrogens (tertiary/aromatic N) is 4. The van der Waals surface area contributed by atoms with E-state index in [0.717, 1.165) is 67.0 Å². The lowest BCUT2D eigenvalue weighted by Gasteiger charge is -2.35. The van der Waals surface area contributed by atoms with Crippen LogP contribution in [0.3, 0.4) is 0 Å². The molecule has 6 nitrogen and oxygen atoms in total. The minimum atomic E-state index is -0.0660. The van der Waals surface area contributed by atoms with Crippen LogP contribution in [0.15, 0.2) is 54.9 Å². The van der Waals surface area contributed by atoms with Crippen LogP contribution in [0.1, 0.15) is 29.6 Å². The van der Waals surface area contributed by atoms with E-state index in [4.69, 9.17) is 0 Å². The fourth-order valence-electron chi connectivity index (χ4n) is 4.87. The van der Waals surface area contributed by atoms with Crippen LogP contribution in [-0.4, -0.2) is 62.1 Å². The number of piperazine rings is 1. The van der Waals surface area contributed by atoms with Gasteiger partial charge in [0.25, 0.3) is 5.91 Å². The Morgan fingerprint density at radius 3 is 2.38 bits per heavy atom. The van der Waals surface area contributed by atoms with Gasteiger partial charge >= 0.3 is 0 Å². The monoisotopic (exact) mass is 429 g/mol. The summed E-state index contributed by atoms with van der Waals surface area (Å²) in [6.07, 6.45) is 7.32. The number of nitrogens with one attached hydrogen (secondary N) is 1. The molecule has 0 atom stereocenters. The van der Waals surface area contributed by atoms with E-state index >= 15 is 0 Å². The molecule has 0 saturated carbocycles. The number of aromatic nitrogens is 1. The van der Waals surface area contributed by atoms with Gasteiger partial charge in [-0.05, 0) is 56.6 Å². The van der Waals surface area contributed by atoms with E-state index in [1.807, 2.05) is 36.7 Å². The highest BCUT2D eigenvalue weighted by atomic mass is 16.1. The van der Waals surface area contributed by atoms with Crippen molar-refractivity contribution in [2.45, 2.75) is 19.3 Å². The maximum Gasteiger partial charge on any atom is 0.257 e. The fraction of sp³-hybridized carbons (Fsp3) is 0.385. The Kier molecular flexibility index (Phi) is 5.95. The molecular weight excluding hydrogens is 398 g/mol. The average Bonchev–Trinajstić information content (AvgIpc) is 2.85. The molecule has 32 heavy (non-hydrogen) atoms. The maximum absolute atomic E-state index is 13.4. The lowest BCUT2D eigenvalue weighted by molar-refractivity contribution is 0.102. The molecule has 0 spiro atoms. The lowest BCUT2D eigenvalue weighted by Crippen LogP contribution is -2.44. The number of piperidine rings is 1. The predicted octanol–water partition coefficient (Wildman–Crippen LogP) is 4.23. The molecule has 2 aromatic carbocycles. The zero-order chi connectivity index (χ0) is 21.9. The highest BCUT2D eigenvalue weighted by Crippen LogP contribution is 2.33. The molecule has 2 aliphatic heterocycles. The molecule has 0 unspecified atom stereocenters. The Labute approximate surface area is 189 Å². The van der Waals surface area contributed by atoms with Gasteiger partial charge in [-0.25, -0.2) is 0 Å². The van der Waals surface area contributed by atoms with Crippen molar-refractivity contribution in [2.24, 2.45) is 0 Å². The number of likely N-dealkylation sites (N-methyl/N-ethyl adjacent to an activating group) is 1. The number of amides is 1. The standard InChI is InChI=1S/C26H31N5O/c1-29-15-17-31(18-16-29)25-10-9-23(22-19-27-12-11-20(22)25)28-26(32)21-7-3-4-8-24(21)30-13-5-2-6-14-30/h3-4,7-12,19H,2,5-6,13-18H2,1H3,(H,28,32). The summed E-state index contributed by atoms with van der Waals surface area (Å²) in [6, 6.07) is 14.2. The molecule has 1 amide bonds. The van der Waals surface area contributed by atoms with Gasteiger partial charge in [-0.2, -0.15) is 0 Å². The summed E-state index contributed by atoms with van der Waals surface area (Å²) < 4.78 is 0. The predicted molar refractivity (Wildman–Crippen MR) is 132 cm³/mol. The third kappa shape index (κ3) is 4.15. The first-order valence-corrected chi connectivity index (χ1v) is 11.7. The molecule has 0 radical (unpaired) electrons. The number of anilines is 3. The van der Waals surface area contributed by atoms with Gasteiger partial charge in [0.15, 0.2) is 0 Å². The summed E-state index contributed by atoms with van der Waals surface area (Å²) in [6.45, 7) is 6.14. The number of pyridine rings is 1. The Morgan fingerprint density at radius 1 is 0.812 bits per heavy atom. The van der Waals surface area contributed by atoms with Crippen LogP contribution >= 0.6 is 0 Å². The normalized spacial score (nSPS) is 17.5. The number of rotatable bonds is 4. The SMILES string of the molecule is CN1CCN(c2ccc(NC(=O)c3ccccc3N3CCCCC3)c3cnccc23)CC1. The summed E-state index contributed by atoms with van der Waals surface area (Å²) in [5.41, 5.74) is 3.78. The van der Waals surface area contributed by atoms with Gasteiger partial charge in [-0.3, -0.25) is 9.78 Å². The molecule has 0 aliphatic carbocycles. The Hall–Kier alpha value is -3.12. The molecule has 3 heterocycles. The molecule has 0 bridgehead atoms. The van der Waals surface area contributed by atoms with Gasteiger partial charge in [-0.1, -0.05) is 12.1 Å². The summed E-state index contributed by atoms with van der Waals surface area (Å²) >= 11 is 0. The molecule has 2 aliphatic rings. The molecule has 6 heteroatoms. The van der Waals surface area contributed by atoms with Gasteiger partial charge in [0.05, 0.1) is 11.3 Å². The van der Waals surface area contributed by atoms with Crippen LogP contribution in [0.2, 0.25) is 0 Å². The van der Waals surface area contributed by atoms with E-state index in [9.17, 15) is 4.79 Å². The van der Waals surface area contributed by atoms with Gasteiger partial charge in [0.1, 0.15) is 0 Å². The van der Waals surface area contributed by atoms with Gasteiger partial charge in [-0.15, -0.1) is 0 Å². The zero-order valence-electron chi connectivity index (χ0n) is 18.8. The van der Waals surface area contributed by atoms with Crippen molar-refractivity contribution < 1.29 is 4.79 Å². The lowest BCUT2D eigenvalue weighted by atomic mass is 10.1. The molecule has 1 aromatic heterocycles. The largest absolute Gasteiger partial charge is 0.371 e. The second-order valence-corrected chi connectivity index (χ2v) is 8.86. The molecule has 5 rings (SSSR count). The first kappa shape index (κ1) is 20.8. The second kappa shape index (κ2) is 9.17. The van der Waals surface area contributed by atoms with Crippen molar-refractivity contribution in [1.82, 2.24) is 9.88 Å². The quantitative estimate of drug-likeness (QED) is 0.673. The van der Waals surface area contributed by atoms with Gasteiger partial charge < -0.3 is 20.0 Å². The maximum atomic E-state index is 13.4. The molecule has 2 saturated heterocycles. The second-order valence-electron chi connectivity index (χ2n) is 8.86. The van der Waals surface area contributed by atoms with Gasteiger partial charge in [0, 0.05) is 73.8 Å². The summed E-state index contributed by atoms with van der Waals surface area (Å²) in [4.78, 5) is 24.9. The number of fused-ring (bicyclic) bond motifs is 1. The van der Waals surface area contributed by atoms with Gasteiger partial charge in [0.2, 0.25) is 0 Å². The van der Waals surface area contributed by atoms with Crippen LogP contribution in [0.25, 0.3) is 10.8 Å². The van der Waals surface area contributed by atoms with Crippen LogP contribution in [-0.2, 0) is 0 Å². The Balaban J connectivity index is 1.44. The molecule has 1 N–H and O–H groups in total. The smallest absolute Gasteiger partial charge is 0.257 e. The topological polar surface area (TPSA) is 51.7 Å². The third-order valence-corrected chi connectivity index (χ3v) is 6.73. The van der Waals surface area contributed by atoms with Crippen molar-refractivity contribution in [3.8, 4) is 0 Å². The molecule has 3 aromatic rings. The summed E-state index contributed by atoms with van der Waals surface area (Å²) in [5, 5.41) is 5.30. The number of benzene rings is 2. The van der Waals surface area contributed by atoms with Crippen LogP contribution in [0.5, 0.6) is 0 Å². The minimum Gasteiger partial charge on any atom is -0.371 e. The van der Waals surface area contributed by atoms with Crippen molar-refractivity contribution in [1.29, 1.82) is 0 Å². The fourth-order valence-corrected chi connectivity index (χ4v) is 4.87. The van der Waals surface area contributed by atoms with E-state index in [0.29, 0.717) is 0 Å². The van der Waals surface area contributed by atoms with Crippen molar-refractivity contribution in [3.63, 3.8) is 0 Å². The first-order chi connectivity index (χ1) is 15.7. The number of hydrogen-bond donors (Lipinski definition) is 1. The van der Waals surface area contributed by atoms with E-state index in [2.05, 4.69) is 50.2 Å². The van der Waals surface area contributed by atoms with Crippen molar-refractivity contribution in [2.75, 3.05) is 61.4 Å². The summed E-state index contributed by atoms with van der Waals surface area (Å²) in [5.74, 6) is -0.0660. The minimum absolute atomic E-state index is 0.0660. The number of carbonyl (C=O) groups excluding carboxylic acids is 1. The molecule has 166 valence electrons. The van der Waals surface area contributed by atoms with Crippen molar-refractivity contribution >= 4 is 33.7 Å². The first-order valence-electron chi connectivity index (χ1n) is 11.7. The van der Waals surface area contributed by atoms with E-state index in [1.54, 1.807) is 0 Å². The number of para-hydroxylation sites is 1. The van der Waals surface area contributed by atoms with Crippen LogP contribution in [0.4, 0.5) is 17.1 Å². The number of carbonyl (C=O) groups is 1. The highest BCUT2D eigenvalue weighted by Gasteiger charge is 2.21. The summed E-state index contributed by atoms with van der Waals surface area (Å²) in [7, 11) is 2.17. The van der Waals surface area contributed by atoms with E-state index in [1.165, 1.54) is 24.9 Å². The number of hydrogen-bond acceptors (Lipinski definition) is 5. The molecule has 2 fully saturated rings. The third-order valence-electron chi connectivity index (χ3n) is 6.73.